The van der Waals surface area contributed by atoms with Crippen LogP contribution >= 0.6 is 0 Å². The Balaban J connectivity index is 2.04. The van der Waals surface area contributed by atoms with Crippen LogP contribution in [-0.2, 0) is 0 Å². The van der Waals surface area contributed by atoms with Crippen molar-refractivity contribution in [2.24, 2.45) is 0 Å². The van der Waals surface area contributed by atoms with E-state index in [2.05, 4.69) is 0 Å². The normalized spacial score (nSPS) is 11.5. The minimum absolute atomic E-state index is 0.0666. The summed E-state index contributed by atoms with van der Waals surface area (Å²) in [6, 6.07) is 20.9. The van der Waals surface area contributed by atoms with Crippen LogP contribution in [0, 0.1) is 30.3 Å². The van der Waals surface area contributed by atoms with E-state index >= 15 is 0 Å². The van der Waals surface area contributed by atoms with Gasteiger partial charge in [-0.05, 0) is 33.0 Å². The number of ketones is 1. The Morgan fingerprint density at radius 3 is 1.78 bits per heavy atom. The molecule has 37 heavy (non-hydrogen) atoms. The summed E-state index contributed by atoms with van der Waals surface area (Å²) in [6.07, 6.45) is 0. The number of fused-ring (bicyclic) bond motifs is 2. The minimum Gasteiger partial charge on any atom is -0.288 e. The number of carbonyl (C=O) groups excluding carboxylic acids is 1. The van der Waals surface area contributed by atoms with E-state index in [1.54, 1.807) is 42.5 Å². The fraction of sp³-hybridized carbons (Fsp3) is 0. The topological polar surface area (TPSA) is 146 Å². The van der Waals surface area contributed by atoms with Crippen molar-refractivity contribution in [3.05, 3.63) is 120 Å². The van der Waals surface area contributed by atoms with Crippen LogP contribution in [0.3, 0.4) is 0 Å². The van der Waals surface area contributed by atoms with Gasteiger partial charge in [0.1, 0.15) is 10.9 Å². The molecule has 6 rings (SSSR count). The molecule has 0 saturated carbocycles. The largest absolute Gasteiger partial charge is 0.361 e. The molecule has 0 aliphatic carbocycles. The predicted octanol–water partition coefficient (Wildman–Crippen LogP) is 6.69. The van der Waals surface area contributed by atoms with E-state index in [0.717, 1.165) is 11.5 Å². The monoisotopic (exact) mass is 491 g/mol. The number of nitrogens with zero attached hydrogens (tertiary/aromatic N) is 3. The van der Waals surface area contributed by atoms with Crippen molar-refractivity contribution in [2.45, 2.75) is 0 Å². The van der Waals surface area contributed by atoms with Crippen molar-refractivity contribution in [2.75, 3.05) is 0 Å². The number of benzene rings is 6. The Bertz CT molecular complexity index is 1980. The van der Waals surface area contributed by atoms with Crippen molar-refractivity contribution < 1.29 is 19.6 Å². The lowest BCUT2D eigenvalue weighted by atomic mass is 9.84. The van der Waals surface area contributed by atoms with Gasteiger partial charge in [-0.1, -0.05) is 66.7 Å². The van der Waals surface area contributed by atoms with Crippen LogP contribution in [0.1, 0.15) is 15.9 Å². The van der Waals surface area contributed by atoms with Crippen LogP contribution < -0.4 is 0 Å². The molecule has 0 aromatic heterocycles. The molecule has 178 valence electrons. The van der Waals surface area contributed by atoms with E-state index in [-0.39, 0.29) is 16.3 Å². The van der Waals surface area contributed by atoms with Crippen LogP contribution in [-0.4, -0.2) is 20.6 Å². The van der Waals surface area contributed by atoms with Gasteiger partial charge in [0.05, 0.1) is 14.8 Å². The maximum Gasteiger partial charge on any atom is 0.361 e. The van der Waals surface area contributed by atoms with Crippen LogP contribution in [0.15, 0.2) is 78.9 Å². The Hall–Kier alpha value is -5.51. The molecular weight excluding hydrogens is 478 g/mol. The van der Waals surface area contributed by atoms with Gasteiger partial charge < -0.3 is 0 Å². The van der Waals surface area contributed by atoms with E-state index in [0.29, 0.717) is 21.5 Å². The third-order valence-corrected chi connectivity index (χ3v) is 6.67. The van der Waals surface area contributed by atoms with E-state index in [4.69, 9.17) is 0 Å². The van der Waals surface area contributed by atoms with Crippen molar-refractivity contribution in [3.8, 4) is 0 Å². The van der Waals surface area contributed by atoms with Gasteiger partial charge in [0.15, 0.2) is 0 Å². The van der Waals surface area contributed by atoms with Gasteiger partial charge in [0.25, 0.3) is 5.69 Å². The highest BCUT2D eigenvalue weighted by atomic mass is 16.6. The molecule has 0 spiro atoms. The molecule has 0 heterocycles. The second kappa shape index (κ2) is 7.75. The second-order valence-electron chi connectivity index (χ2n) is 8.51. The number of hydrogen-bond donors (Lipinski definition) is 0. The summed E-state index contributed by atoms with van der Waals surface area (Å²) in [5.74, 6) is -0.791. The van der Waals surface area contributed by atoms with Gasteiger partial charge in [-0.15, -0.1) is 0 Å². The third-order valence-electron chi connectivity index (χ3n) is 6.67. The Labute approximate surface area is 206 Å². The Kier molecular flexibility index (Phi) is 4.61. The average Bonchev–Trinajstić information content (AvgIpc) is 2.90. The molecular formula is C27H13N3O7. The van der Waals surface area contributed by atoms with Crippen molar-refractivity contribution in [1.29, 1.82) is 0 Å². The molecule has 0 atom stereocenters. The first-order valence-corrected chi connectivity index (χ1v) is 11.0. The number of non-ortho nitro benzene ring substituents is 1. The zero-order valence-corrected chi connectivity index (χ0v) is 18.7. The van der Waals surface area contributed by atoms with Gasteiger partial charge in [0, 0.05) is 22.4 Å². The number of carbonyl (C=O) groups is 1. The van der Waals surface area contributed by atoms with E-state index in [1.165, 1.54) is 18.2 Å². The minimum atomic E-state index is -1.08. The van der Waals surface area contributed by atoms with Gasteiger partial charge in [-0.25, -0.2) is 0 Å². The lowest BCUT2D eigenvalue weighted by Gasteiger charge is -2.17. The average molecular weight is 491 g/mol. The molecule has 0 N–H and O–H groups in total. The number of nitro benzene ring substituents is 3. The number of rotatable bonds is 5. The van der Waals surface area contributed by atoms with Crippen LogP contribution in [0.2, 0.25) is 0 Å². The molecule has 0 bridgehead atoms. The molecule has 0 unspecified atom stereocenters. The van der Waals surface area contributed by atoms with Crippen molar-refractivity contribution in [1.82, 2.24) is 0 Å². The smallest absolute Gasteiger partial charge is 0.288 e. The van der Waals surface area contributed by atoms with Gasteiger partial charge in [0.2, 0.25) is 5.78 Å². The summed E-state index contributed by atoms with van der Waals surface area (Å²) in [6.45, 7) is 0. The number of hydrogen-bond acceptors (Lipinski definition) is 7. The summed E-state index contributed by atoms with van der Waals surface area (Å²) in [4.78, 5) is 47.9. The first-order chi connectivity index (χ1) is 17.8. The molecule has 10 nitrogen and oxygen atoms in total. The zero-order chi connectivity index (χ0) is 26.0. The lowest BCUT2D eigenvalue weighted by molar-refractivity contribution is -0.422. The molecule has 10 heteroatoms. The standard InChI is InChI=1S/C27H13N3O7/c31-27(15-6-2-1-3-7-15)24-22-18-11-5-9-14-8-4-10-16(20(14)18)17-12-13-19(28(32)33)23(21(17)22)25(29(34)35)26(24)30(36)37/h1-13H. The van der Waals surface area contributed by atoms with Crippen LogP contribution in [0.4, 0.5) is 17.1 Å². The maximum absolute atomic E-state index is 13.9. The molecule has 0 aliphatic rings. The fourth-order valence-corrected chi connectivity index (χ4v) is 5.30. The lowest BCUT2D eigenvalue weighted by Crippen LogP contribution is -2.11. The quantitative estimate of drug-likeness (QED) is 0.0857. The van der Waals surface area contributed by atoms with Crippen molar-refractivity contribution >= 4 is 65.9 Å². The predicted molar refractivity (Wildman–Crippen MR) is 137 cm³/mol. The maximum atomic E-state index is 13.9. The highest BCUT2D eigenvalue weighted by Gasteiger charge is 2.41. The summed E-state index contributed by atoms with van der Waals surface area (Å²) < 4.78 is 0. The SMILES string of the molecule is O=C(c1ccccc1)c1c([N+](=O)[O-])c([N+](=O)[O-])c2c([N+](=O)[O-])ccc3c4cccc5cccc(c1c23)c54. The summed E-state index contributed by atoms with van der Waals surface area (Å²) in [5, 5.41) is 39.5. The highest BCUT2D eigenvalue weighted by molar-refractivity contribution is 6.40. The van der Waals surface area contributed by atoms with E-state index in [1.807, 2.05) is 12.1 Å². The first-order valence-electron chi connectivity index (χ1n) is 11.0. The van der Waals surface area contributed by atoms with Gasteiger partial charge in [-0.2, -0.15) is 0 Å². The van der Waals surface area contributed by atoms with E-state index < -0.39 is 48.6 Å². The van der Waals surface area contributed by atoms with Gasteiger partial charge in [-0.3, -0.25) is 35.1 Å². The van der Waals surface area contributed by atoms with Gasteiger partial charge >= 0.3 is 11.4 Å². The van der Waals surface area contributed by atoms with Crippen LogP contribution in [0.25, 0.3) is 43.1 Å². The molecule has 0 fully saturated rings. The first kappa shape index (κ1) is 22.0. The molecule has 0 saturated heterocycles. The summed E-state index contributed by atoms with van der Waals surface area (Å²) in [5.41, 5.74) is -3.19. The molecule has 6 aromatic rings. The Morgan fingerprint density at radius 1 is 0.541 bits per heavy atom. The fourth-order valence-electron chi connectivity index (χ4n) is 5.30. The highest BCUT2D eigenvalue weighted by Crippen LogP contribution is 2.51. The molecule has 0 radical (unpaired) electrons. The number of nitro groups is 3. The summed E-state index contributed by atoms with van der Waals surface area (Å²) >= 11 is 0. The molecule has 0 aliphatic heterocycles. The molecule has 6 aromatic carbocycles. The van der Waals surface area contributed by atoms with Crippen LogP contribution in [0.5, 0.6) is 0 Å². The molecule has 0 amide bonds. The second-order valence-corrected chi connectivity index (χ2v) is 8.51. The van der Waals surface area contributed by atoms with E-state index in [9.17, 15) is 35.1 Å². The summed E-state index contributed by atoms with van der Waals surface area (Å²) in [7, 11) is 0. The third kappa shape index (κ3) is 2.96. The van der Waals surface area contributed by atoms with Crippen molar-refractivity contribution in [3.63, 3.8) is 0 Å². The Morgan fingerprint density at radius 2 is 1.16 bits per heavy atom. The zero-order valence-electron chi connectivity index (χ0n) is 18.7.